The Kier molecular flexibility index (Phi) is 5.40. The van der Waals surface area contributed by atoms with E-state index in [0.29, 0.717) is 11.5 Å². The number of hydrogen-bond acceptors (Lipinski definition) is 5. The van der Waals surface area contributed by atoms with Crippen LogP contribution < -0.4 is 10.1 Å². The maximum absolute atomic E-state index is 12.8. The lowest BCUT2D eigenvalue weighted by atomic mass is 9.90. The quantitative estimate of drug-likeness (QED) is 0.782. The maximum Gasteiger partial charge on any atom is 0.308 e. The Morgan fingerprint density at radius 1 is 1.19 bits per heavy atom. The highest BCUT2D eigenvalue weighted by Crippen LogP contribution is 2.31. The first-order valence-electron chi connectivity index (χ1n) is 8.46. The van der Waals surface area contributed by atoms with Crippen LogP contribution in [0.3, 0.4) is 0 Å². The Balaban J connectivity index is 1.73. The van der Waals surface area contributed by atoms with E-state index < -0.39 is 23.9 Å². The molecule has 140 valence electrons. The predicted octanol–water partition coefficient (Wildman–Crippen LogP) is 2.35. The van der Waals surface area contributed by atoms with Gasteiger partial charge in [0.05, 0.1) is 19.2 Å². The molecule has 27 heavy (non-hydrogen) atoms. The SMILES string of the molecule is COc1ccc(C2=NOC(CC(=O)O)(C(=O)NCc3ccccc3)C2)cc1. The van der Waals surface area contributed by atoms with Gasteiger partial charge < -0.3 is 20.0 Å². The zero-order valence-electron chi connectivity index (χ0n) is 14.8. The average molecular weight is 368 g/mol. The number of oxime groups is 1. The van der Waals surface area contributed by atoms with Gasteiger partial charge in [-0.2, -0.15) is 0 Å². The number of carboxylic acids is 1. The number of ether oxygens (including phenoxy) is 1. The minimum Gasteiger partial charge on any atom is -0.497 e. The number of methoxy groups -OCH3 is 1. The molecule has 0 fully saturated rings. The summed E-state index contributed by atoms with van der Waals surface area (Å²) in [7, 11) is 1.57. The van der Waals surface area contributed by atoms with E-state index in [4.69, 9.17) is 9.57 Å². The minimum absolute atomic E-state index is 0.0756. The zero-order valence-corrected chi connectivity index (χ0v) is 14.8. The molecule has 1 amide bonds. The van der Waals surface area contributed by atoms with Gasteiger partial charge in [0, 0.05) is 13.0 Å². The first kappa shape index (κ1) is 18.4. The number of nitrogens with zero attached hydrogens (tertiary/aromatic N) is 1. The van der Waals surface area contributed by atoms with Crippen LogP contribution in [0.15, 0.2) is 59.8 Å². The Morgan fingerprint density at radius 3 is 2.52 bits per heavy atom. The van der Waals surface area contributed by atoms with Crippen molar-refractivity contribution in [3.63, 3.8) is 0 Å². The second-order valence-electron chi connectivity index (χ2n) is 6.27. The van der Waals surface area contributed by atoms with Crippen molar-refractivity contribution in [3.8, 4) is 5.75 Å². The molecule has 1 heterocycles. The summed E-state index contributed by atoms with van der Waals surface area (Å²) < 4.78 is 5.12. The summed E-state index contributed by atoms with van der Waals surface area (Å²) in [5.41, 5.74) is 0.619. The monoisotopic (exact) mass is 368 g/mol. The molecule has 3 rings (SSSR count). The number of carboxylic acid groups (broad SMARTS) is 1. The van der Waals surface area contributed by atoms with Crippen molar-refractivity contribution in [2.24, 2.45) is 5.16 Å². The van der Waals surface area contributed by atoms with Crippen LogP contribution in [0.1, 0.15) is 24.0 Å². The summed E-state index contributed by atoms with van der Waals surface area (Å²) in [5, 5.41) is 16.0. The molecule has 1 unspecified atom stereocenters. The summed E-state index contributed by atoms with van der Waals surface area (Å²) in [6.07, 6.45) is -0.400. The Morgan fingerprint density at radius 2 is 1.89 bits per heavy atom. The Hall–Kier alpha value is -3.35. The molecule has 0 bridgehead atoms. The molecule has 0 saturated heterocycles. The van der Waals surface area contributed by atoms with Crippen LogP contribution in [-0.4, -0.2) is 35.4 Å². The second kappa shape index (κ2) is 7.90. The van der Waals surface area contributed by atoms with Crippen molar-refractivity contribution < 1.29 is 24.3 Å². The van der Waals surface area contributed by atoms with E-state index in [1.54, 1.807) is 31.4 Å². The molecule has 0 aromatic heterocycles. The predicted molar refractivity (Wildman–Crippen MR) is 98.5 cm³/mol. The maximum atomic E-state index is 12.8. The van der Waals surface area contributed by atoms with Gasteiger partial charge in [0.25, 0.3) is 5.91 Å². The van der Waals surface area contributed by atoms with Gasteiger partial charge in [0.15, 0.2) is 0 Å². The lowest BCUT2D eigenvalue weighted by molar-refractivity contribution is -0.156. The number of carbonyl (C=O) groups is 2. The smallest absolute Gasteiger partial charge is 0.308 e. The first-order chi connectivity index (χ1) is 13.0. The molecule has 0 saturated carbocycles. The average Bonchev–Trinajstić information content (AvgIpc) is 3.11. The highest BCUT2D eigenvalue weighted by Gasteiger charge is 2.48. The van der Waals surface area contributed by atoms with Gasteiger partial charge in [-0.3, -0.25) is 9.59 Å². The molecule has 1 aliphatic heterocycles. The third-order valence-electron chi connectivity index (χ3n) is 4.35. The molecule has 1 atom stereocenters. The van der Waals surface area contributed by atoms with Gasteiger partial charge in [-0.1, -0.05) is 35.5 Å². The van der Waals surface area contributed by atoms with E-state index in [0.717, 1.165) is 11.1 Å². The van der Waals surface area contributed by atoms with Gasteiger partial charge in [-0.05, 0) is 35.4 Å². The van der Waals surface area contributed by atoms with E-state index in [1.807, 2.05) is 30.3 Å². The van der Waals surface area contributed by atoms with Crippen molar-refractivity contribution >= 4 is 17.6 Å². The van der Waals surface area contributed by atoms with Gasteiger partial charge in [-0.25, -0.2) is 0 Å². The van der Waals surface area contributed by atoms with Gasteiger partial charge in [0.1, 0.15) is 5.75 Å². The number of carbonyl (C=O) groups excluding carboxylic acids is 1. The van der Waals surface area contributed by atoms with E-state index in [1.165, 1.54) is 0 Å². The molecule has 2 aromatic carbocycles. The van der Waals surface area contributed by atoms with Crippen LogP contribution in [0.2, 0.25) is 0 Å². The van der Waals surface area contributed by atoms with Crippen molar-refractivity contribution in [1.82, 2.24) is 5.32 Å². The van der Waals surface area contributed by atoms with Crippen LogP contribution in [0.25, 0.3) is 0 Å². The van der Waals surface area contributed by atoms with E-state index in [2.05, 4.69) is 10.5 Å². The summed E-state index contributed by atoms with van der Waals surface area (Å²) in [5.74, 6) is -0.937. The summed E-state index contributed by atoms with van der Waals surface area (Å²) in [6, 6.07) is 16.5. The fourth-order valence-electron chi connectivity index (χ4n) is 2.90. The van der Waals surface area contributed by atoms with Crippen LogP contribution in [-0.2, 0) is 21.0 Å². The standard InChI is InChI=1S/C20H20N2O5/c1-26-16-9-7-15(8-10-16)17-11-20(27-22-17,12-18(23)24)19(25)21-13-14-5-3-2-4-6-14/h2-10H,11-13H2,1H3,(H,21,25)(H,23,24). The van der Waals surface area contributed by atoms with Gasteiger partial charge in [0.2, 0.25) is 5.60 Å². The number of rotatable bonds is 7. The van der Waals surface area contributed by atoms with E-state index in [-0.39, 0.29) is 13.0 Å². The first-order valence-corrected chi connectivity index (χ1v) is 8.46. The van der Waals surface area contributed by atoms with Crippen molar-refractivity contribution in [3.05, 3.63) is 65.7 Å². The third-order valence-corrected chi connectivity index (χ3v) is 4.35. The lowest BCUT2D eigenvalue weighted by Gasteiger charge is -2.23. The van der Waals surface area contributed by atoms with Gasteiger partial charge >= 0.3 is 5.97 Å². The highest BCUT2D eigenvalue weighted by molar-refractivity contribution is 6.06. The Bertz CT molecular complexity index is 848. The van der Waals surface area contributed by atoms with Gasteiger partial charge in [-0.15, -0.1) is 0 Å². The summed E-state index contributed by atoms with van der Waals surface area (Å²) >= 11 is 0. The molecular formula is C20H20N2O5. The number of benzene rings is 2. The van der Waals surface area contributed by atoms with Crippen LogP contribution in [0.5, 0.6) is 5.75 Å². The highest BCUT2D eigenvalue weighted by atomic mass is 16.7. The fourth-order valence-corrected chi connectivity index (χ4v) is 2.90. The Labute approximate surface area is 156 Å². The molecule has 0 aliphatic carbocycles. The molecule has 0 spiro atoms. The van der Waals surface area contributed by atoms with Crippen LogP contribution >= 0.6 is 0 Å². The number of nitrogens with one attached hydrogen (secondary N) is 1. The minimum atomic E-state index is -1.56. The molecule has 2 aromatic rings. The second-order valence-corrected chi connectivity index (χ2v) is 6.27. The molecule has 1 aliphatic rings. The third kappa shape index (κ3) is 4.25. The summed E-state index contributed by atoms with van der Waals surface area (Å²) in [4.78, 5) is 29.5. The fraction of sp³-hybridized carbons (Fsp3) is 0.250. The molecule has 7 heteroatoms. The van der Waals surface area contributed by atoms with Crippen LogP contribution in [0, 0.1) is 0 Å². The topological polar surface area (TPSA) is 97.2 Å². The molecule has 0 radical (unpaired) electrons. The van der Waals surface area contributed by atoms with Crippen molar-refractivity contribution in [2.45, 2.75) is 25.0 Å². The number of aliphatic carboxylic acids is 1. The molecular weight excluding hydrogens is 348 g/mol. The van der Waals surface area contributed by atoms with E-state index in [9.17, 15) is 14.7 Å². The number of hydrogen-bond donors (Lipinski definition) is 2. The normalized spacial score (nSPS) is 18.3. The van der Waals surface area contributed by atoms with Crippen LogP contribution in [0.4, 0.5) is 0 Å². The lowest BCUT2D eigenvalue weighted by Crippen LogP contribution is -2.48. The number of amides is 1. The van der Waals surface area contributed by atoms with Crippen molar-refractivity contribution in [2.75, 3.05) is 7.11 Å². The zero-order chi connectivity index (χ0) is 19.3. The van der Waals surface area contributed by atoms with E-state index >= 15 is 0 Å². The molecule has 7 nitrogen and oxygen atoms in total. The van der Waals surface area contributed by atoms with Crippen molar-refractivity contribution in [1.29, 1.82) is 0 Å². The summed E-state index contributed by atoms with van der Waals surface area (Å²) in [6.45, 7) is 0.280. The molecule has 2 N–H and O–H groups in total. The largest absolute Gasteiger partial charge is 0.497 e.